The first-order chi connectivity index (χ1) is 15.3. The van der Waals surface area contributed by atoms with Crippen LogP contribution in [-0.4, -0.2) is 43.7 Å². The Morgan fingerprint density at radius 1 is 1.09 bits per heavy atom. The fraction of sp³-hybridized carbons (Fsp3) is 0.318. The first kappa shape index (κ1) is 23.4. The van der Waals surface area contributed by atoms with Crippen molar-refractivity contribution in [1.82, 2.24) is 9.62 Å². The Morgan fingerprint density at radius 2 is 1.81 bits per heavy atom. The zero-order valence-electron chi connectivity index (χ0n) is 17.3. The van der Waals surface area contributed by atoms with Crippen molar-refractivity contribution < 1.29 is 22.4 Å². The fourth-order valence-electron chi connectivity index (χ4n) is 3.62. The van der Waals surface area contributed by atoms with Gasteiger partial charge in [0, 0.05) is 19.1 Å². The molecule has 168 valence electrons. The second kappa shape index (κ2) is 10.3. The molecule has 2 N–H and O–H groups in total. The van der Waals surface area contributed by atoms with Crippen LogP contribution in [0.2, 0.25) is 0 Å². The predicted molar refractivity (Wildman–Crippen MR) is 115 cm³/mol. The largest absolute Gasteiger partial charge is 0.348 e. The highest BCUT2D eigenvalue weighted by molar-refractivity contribution is 7.89. The van der Waals surface area contributed by atoms with Gasteiger partial charge in [-0.05, 0) is 55.7 Å². The molecule has 1 fully saturated rings. The van der Waals surface area contributed by atoms with Crippen molar-refractivity contribution in [2.24, 2.45) is 0 Å². The maximum Gasteiger partial charge on any atom is 0.313 e. The summed E-state index contributed by atoms with van der Waals surface area (Å²) in [6.45, 7) is 0.440. The summed E-state index contributed by atoms with van der Waals surface area (Å²) in [5.74, 6) is -2.30. The number of rotatable bonds is 6. The molecule has 10 heteroatoms. The van der Waals surface area contributed by atoms with Gasteiger partial charge in [0.2, 0.25) is 10.0 Å². The molecular weight excluding hydrogens is 435 g/mol. The van der Waals surface area contributed by atoms with Crippen molar-refractivity contribution in [2.45, 2.75) is 36.6 Å². The van der Waals surface area contributed by atoms with E-state index in [0.717, 1.165) is 18.6 Å². The predicted octanol–water partition coefficient (Wildman–Crippen LogP) is 2.39. The molecule has 3 rings (SSSR count). The molecule has 2 aromatic carbocycles. The number of para-hydroxylation sites is 1. The van der Waals surface area contributed by atoms with E-state index in [1.807, 2.05) is 6.07 Å². The number of sulfonamides is 1. The molecule has 1 unspecified atom stereocenters. The number of hydrogen-bond donors (Lipinski definition) is 2. The minimum Gasteiger partial charge on any atom is -0.348 e. The van der Waals surface area contributed by atoms with Gasteiger partial charge in [-0.15, -0.1) is 0 Å². The Balaban J connectivity index is 1.59. The molecule has 1 saturated heterocycles. The van der Waals surface area contributed by atoms with Gasteiger partial charge in [0.05, 0.1) is 16.1 Å². The molecule has 0 aliphatic carbocycles. The number of benzene rings is 2. The first-order valence-corrected chi connectivity index (χ1v) is 11.6. The van der Waals surface area contributed by atoms with E-state index in [1.54, 1.807) is 12.1 Å². The van der Waals surface area contributed by atoms with E-state index in [1.165, 1.54) is 28.6 Å². The lowest BCUT2D eigenvalue weighted by Gasteiger charge is -2.34. The second-order valence-electron chi connectivity index (χ2n) is 7.38. The molecule has 2 aromatic rings. The van der Waals surface area contributed by atoms with E-state index >= 15 is 0 Å². The fourth-order valence-corrected chi connectivity index (χ4v) is 5.35. The van der Waals surface area contributed by atoms with E-state index in [-0.39, 0.29) is 28.7 Å². The summed E-state index contributed by atoms with van der Waals surface area (Å²) in [5.41, 5.74) is 0.469. The van der Waals surface area contributed by atoms with Crippen molar-refractivity contribution >= 4 is 27.5 Å². The number of amides is 2. The van der Waals surface area contributed by atoms with E-state index in [0.29, 0.717) is 25.8 Å². The van der Waals surface area contributed by atoms with Crippen molar-refractivity contribution in [3.63, 3.8) is 0 Å². The Labute approximate surface area is 186 Å². The lowest BCUT2D eigenvalue weighted by atomic mass is 10.0. The van der Waals surface area contributed by atoms with E-state index in [9.17, 15) is 22.4 Å². The van der Waals surface area contributed by atoms with Crippen LogP contribution in [0.4, 0.5) is 10.1 Å². The van der Waals surface area contributed by atoms with Crippen LogP contribution in [0.3, 0.4) is 0 Å². The summed E-state index contributed by atoms with van der Waals surface area (Å²) in [4.78, 5) is 24.3. The number of nitriles is 1. The van der Waals surface area contributed by atoms with Crippen LogP contribution in [0, 0.1) is 17.1 Å². The molecule has 1 heterocycles. The number of anilines is 1. The number of nitrogens with zero attached hydrogens (tertiary/aromatic N) is 2. The van der Waals surface area contributed by atoms with Gasteiger partial charge in [0.1, 0.15) is 11.9 Å². The van der Waals surface area contributed by atoms with Crippen LogP contribution in [0.5, 0.6) is 0 Å². The highest BCUT2D eigenvalue weighted by Gasteiger charge is 2.33. The zero-order chi connectivity index (χ0) is 23.1. The molecule has 1 atom stereocenters. The highest BCUT2D eigenvalue weighted by atomic mass is 32.2. The Bertz CT molecular complexity index is 1130. The van der Waals surface area contributed by atoms with Gasteiger partial charge in [-0.2, -0.15) is 9.57 Å². The van der Waals surface area contributed by atoms with E-state index in [2.05, 4.69) is 10.6 Å². The quantitative estimate of drug-likeness (QED) is 0.644. The van der Waals surface area contributed by atoms with Crippen LogP contribution in [0.1, 0.15) is 31.2 Å². The molecule has 0 bridgehead atoms. The van der Waals surface area contributed by atoms with Gasteiger partial charge < -0.3 is 10.6 Å². The van der Waals surface area contributed by atoms with Crippen molar-refractivity contribution in [3.8, 4) is 6.07 Å². The zero-order valence-corrected chi connectivity index (χ0v) is 18.1. The summed E-state index contributed by atoms with van der Waals surface area (Å²) in [7, 11) is -3.80. The molecule has 2 amide bonds. The lowest BCUT2D eigenvalue weighted by molar-refractivity contribution is -0.136. The summed E-state index contributed by atoms with van der Waals surface area (Å²) < 4.78 is 40.6. The van der Waals surface area contributed by atoms with Gasteiger partial charge in [-0.3, -0.25) is 9.59 Å². The summed E-state index contributed by atoms with van der Waals surface area (Å²) in [5, 5.41) is 14.0. The molecule has 32 heavy (non-hydrogen) atoms. The van der Waals surface area contributed by atoms with Gasteiger partial charge in [0.15, 0.2) is 0 Å². The number of halogens is 1. The van der Waals surface area contributed by atoms with Crippen molar-refractivity contribution in [2.75, 3.05) is 18.4 Å². The monoisotopic (exact) mass is 458 g/mol. The smallest absolute Gasteiger partial charge is 0.313 e. The van der Waals surface area contributed by atoms with Gasteiger partial charge in [-0.25, -0.2) is 12.8 Å². The standard InChI is InChI=1S/C22H23FN4O4S/c23-17-8-10-19(11-9-17)32(30,31)27-14-4-3-6-18(27)12-13-25-21(28)22(29)26-20-7-2-1-5-16(20)15-24/h1-2,5,7-11,18H,3-4,6,12-14H2,(H,25,28)(H,26,29). The minimum absolute atomic E-state index is 0.0189. The van der Waals surface area contributed by atoms with Crippen LogP contribution in [0.25, 0.3) is 0 Å². The maximum absolute atomic E-state index is 13.2. The molecule has 0 aromatic heterocycles. The van der Waals surface area contributed by atoms with Crippen molar-refractivity contribution in [1.29, 1.82) is 5.26 Å². The number of hydrogen-bond acceptors (Lipinski definition) is 5. The molecule has 0 saturated carbocycles. The SMILES string of the molecule is N#Cc1ccccc1NC(=O)C(=O)NCCC1CCCCN1S(=O)(=O)c1ccc(F)cc1. The summed E-state index contributed by atoms with van der Waals surface area (Å²) >= 11 is 0. The van der Waals surface area contributed by atoms with Crippen LogP contribution in [0.15, 0.2) is 53.4 Å². The minimum atomic E-state index is -3.80. The molecular formula is C22H23FN4O4S. The average Bonchev–Trinajstić information content (AvgIpc) is 2.80. The lowest BCUT2D eigenvalue weighted by Crippen LogP contribution is -2.45. The summed E-state index contributed by atoms with van der Waals surface area (Å²) in [6, 6.07) is 12.6. The second-order valence-corrected chi connectivity index (χ2v) is 9.27. The molecule has 8 nitrogen and oxygen atoms in total. The van der Waals surface area contributed by atoms with E-state index in [4.69, 9.17) is 5.26 Å². The normalized spacial score (nSPS) is 16.7. The van der Waals surface area contributed by atoms with Crippen molar-refractivity contribution in [3.05, 3.63) is 59.9 Å². The average molecular weight is 459 g/mol. The topological polar surface area (TPSA) is 119 Å². The molecule has 1 aliphatic rings. The van der Waals surface area contributed by atoms with Crippen LogP contribution >= 0.6 is 0 Å². The Hall–Kier alpha value is -3.29. The van der Waals surface area contributed by atoms with Crippen LogP contribution in [-0.2, 0) is 19.6 Å². The third-order valence-electron chi connectivity index (χ3n) is 5.26. The maximum atomic E-state index is 13.2. The van der Waals surface area contributed by atoms with E-state index < -0.39 is 27.7 Å². The molecule has 0 spiro atoms. The Morgan fingerprint density at radius 3 is 2.53 bits per heavy atom. The third kappa shape index (κ3) is 5.49. The highest BCUT2D eigenvalue weighted by Crippen LogP contribution is 2.27. The van der Waals surface area contributed by atoms with Gasteiger partial charge in [0.25, 0.3) is 0 Å². The number of carbonyl (C=O) groups excluding carboxylic acids is 2. The molecule has 1 aliphatic heterocycles. The summed E-state index contributed by atoms with van der Waals surface area (Å²) in [6.07, 6.45) is 2.51. The molecule has 0 radical (unpaired) electrons. The number of carbonyl (C=O) groups is 2. The Kier molecular flexibility index (Phi) is 7.56. The number of nitrogens with one attached hydrogen (secondary N) is 2. The van der Waals surface area contributed by atoms with Gasteiger partial charge >= 0.3 is 11.8 Å². The number of piperidine rings is 1. The van der Waals surface area contributed by atoms with Gasteiger partial charge in [-0.1, -0.05) is 18.6 Å². The third-order valence-corrected chi connectivity index (χ3v) is 7.22. The first-order valence-electron chi connectivity index (χ1n) is 10.2. The van der Waals surface area contributed by atoms with Crippen LogP contribution < -0.4 is 10.6 Å².